The summed E-state index contributed by atoms with van der Waals surface area (Å²) in [5, 5.41) is 2.98. The van der Waals surface area contributed by atoms with Crippen LogP contribution in [0.2, 0.25) is 0 Å². The number of nitrogens with two attached hydrogens (primary N) is 1. The topological polar surface area (TPSA) is 58.4 Å². The van der Waals surface area contributed by atoms with E-state index < -0.39 is 11.6 Å². The summed E-state index contributed by atoms with van der Waals surface area (Å²) in [4.78, 5) is 13.9. The van der Waals surface area contributed by atoms with Crippen LogP contribution in [0.1, 0.15) is 25.7 Å². The SMILES string of the molecule is N[C@@H]1CCC[C@H]1C(=O)N[C@@H]1CCN(c2c(F)cccc2F)C1. The van der Waals surface area contributed by atoms with E-state index in [1.807, 2.05) is 0 Å². The second-order valence-electron chi connectivity index (χ2n) is 6.21. The lowest BCUT2D eigenvalue weighted by Crippen LogP contribution is -2.44. The molecule has 1 heterocycles. The van der Waals surface area contributed by atoms with Crippen molar-refractivity contribution in [1.82, 2.24) is 5.32 Å². The molecule has 1 saturated heterocycles. The molecule has 1 aromatic rings. The zero-order valence-corrected chi connectivity index (χ0v) is 12.4. The first-order valence-electron chi connectivity index (χ1n) is 7.81. The summed E-state index contributed by atoms with van der Waals surface area (Å²) in [5.41, 5.74) is 5.94. The Morgan fingerprint density at radius 3 is 2.59 bits per heavy atom. The number of nitrogens with one attached hydrogen (secondary N) is 1. The lowest BCUT2D eigenvalue weighted by atomic mass is 10.0. The van der Waals surface area contributed by atoms with Gasteiger partial charge in [-0.05, 0) is 31.4 Å². The molecule has 0 bridgehead atoms. The molecule has 1 aromatic carbocycles. The zero-order chi connectivity index (χ0) is 15.7. The Balaban J connectivity index is 1.62. The molecular formula is C16H21F2N3O. The number of halogens is 2. The van der Waals surface area contributed by atoms with Crippen LogP contribution in [-0.2, 0) is 4.79 Å². The molecule has 1 saturated carbocycles. The van der Waals surface area contributed by atoms with Gasteiger partial charge in [0.1, 0.15) is 17.3 Å². The Bertz CT molecular complexity index is 546. The number of rotatable bonds is 3. The average molecular weight is 309 g/mol. The van der Waals surface area contributed by atoms with Gasteiger partial charge in [-0.2, -0.15) is 0 Å². The Kier molecular flexibility index (Phi) is 4.29. The third-order valence-electron chi connectivity index (χ3n) is 4.69. The molecule has 4 nitrogen and oxygen atoms in total. The van der Waals surface area contributed by atoms with Crippen LogP contribution in [0.3, 0.4) is 0 Å². The predicted molar refractivity (Wildman–Crippen MR) is 80.4 cm³/mol. The zero-order valence-electron chi connectivity index (χ0n) is 12.4. The van der Waals surface area contributed by atoms with Crippen LogP contribution in [0.25, 0.3) is 0 Å². The van der Waals surface area contributed by atoms with E-state index in [2.05, 4.69) is 5.32 Å². The normalized spacial score (nSPS) is 28.1. The highest BCUT2D eigenvalue weighted by atomic mass is 19.1. The monoisotopic (exact) mass is 309 g/mol. The van der Waals surface area contributed by atoms with Crippen LogP contribution in [-0.4, -0.2) is 31.1 Å². The Morgan fingerprint density at radius 2 is 1.95 bits per heavy atom. The predicted octanol–water partition coefficient (Wildman–Crippen LogP) is 1.79. The minimum atomic E-state index is -0.565. The quantitative estimate of drug-likeness (QED) is 0.895. The molecular weight excluding hydrogens is 288 g/mol. The van der Waals surface area contributed by atoms with E-state index in [0.717, 1.165) is 19.3 Å². The van der Waals surface area contributed by atoms with E-state index in [-0.39, 0.29) is 29.6 Å². The van der Waals surface area contributed by atoms with E-state index in [1.54, 1.807) is 4.90 Å². The largest absolute Gasteiger partial charge is 0.365 e. The van der Waals surface area contributed by atoms with E-state index >= 15 is 0 Å². The van der Waals surface area contributed by atoms with E-state index in [1.165, 1.54) is 18.2 Å². The average Bonchev–Trinajstić information content (AvgIpc) is 3.08. The van der Waals surface area contributed by atoms with Gasteiger partial charge in [-0.1, -0.05) is 12.5 Å². The first-order valence-corrected chi connectivity index (χ1v) is 7.81. The number of benzene rings is 1. The number of para-hydroxylation sites is 1. The summed E-state index contributed by atoms with van der Waals surface area (Å²) in [6.07, 6.45) is 3.37. The number of carbonyl (C=O) groups excluding carboxylic acids is 1. The third-order valence-corrected chi connectivity index (χ3v) is 4.69. The second kappa shape index (κ2) is 6.20. The van der Waals surface area contributed by atoms with Crippen LogP contribution >= 0.6 is 0 Å². The molecule has 3 N–H and O–H groups in total. The van der Waals surface area contributed by atoms with Gasteiger partial charge in [0.05, 0.1) is 5.92 Å². The van der Waals surface area contributed by atoms with Crippen molar-refractivity contribution in [3.8, 4) is 0 Å². The number of amides is 1. The summed E-state index contributed by atoms with van der Waals surface area (Å²) < 4.78 is 27.6. The van der Waals surface area contributed by atoms with Crippen LogP contribution in [0.15, 0.2) is 18.2 Å². The highest BCUT2D eigenvalue weighted by molar-refractivity contribution is 5.80. The van der Waals surface area contributed by atoms with Gasteiger partial charge >= 0.3 is 0 Å². The van der Waals surface area contributed by atoms with Crippen molar-refractivity contribution < 1.29 is 13.6 Å². The number of hydrogen-bond acceptors (Lipinski definition) is 3. The number of anilines is 1. The maximum atomic E-state index is 13.8. The Hall–Kier alpha value is -1.69. The van der Waals surface area contributed by atoms with Crippen molar-refractivity contribution in [3.05, 3.63) is 29.8 Å². The number of carbonyl (C=O) groups is 1. The molecule has 1 aliphatic carbocycles. The maximum absolute atomic E-state index is 13.8. The van der Waals surface area contributed by atoms with Crippen LogP contribution < -0.4 is 16.0 Å². The van der Waals surface area contributed by atoms with Gasteiger partial charge in [0.15, 0.2) is 0 Å². The van der Waals surface area contributed by atoms with Crippen LogP contribution in [0.4, 0.5) is 14.5 Å². The lowest BCUT2D eigenvalue weighted by molar-refractivity contribution is -0.125. The fraction of sp³-hybridized carbons (Fsp3) is 0.562. The van der Waals surface area contributed by atoms with Crippen molar-refractivity contribution in [3.63, 3.8) is 0 Å². The summed E-state index contributed by atoms with van der Waals surface area (Å²) in [7, 11) is 0. The number of nitrogens with zero attached hydrogens (tertiary/aromatic N) is 1. The summed E-state index contributed by atoms with van der Waals surface area (Å²) in [6, 6.07) is 3.70. The fourth-order valence-electron chi connectivity index (χ4n) is 3.49. The van der Waals surface area contributed by atoms with Crippen molar-refractivity contribution in [1.29, 1.82) is 0 Å². The molecule has 0 aromatic heterocycles. The minimum absolute atomic E-state index is 0.00295. The van der Waals surface area contributed by atoms with Gasteiger partial charge in [0.25, 0.3) is 0 Å². The molecule has 120 valence electrons. The highest BCUT2D eigenvalue weighted by Crippen LogP contribution is 2.28. The van der Waals surface area contributed by atoms with Gasteiger partial charge < -0.3 is 16.0 Å². The molecule has 2 aliphatic rings. The molecule has 3 atom stereocenters. The van der Waals surface area contributed by atoms with Crippen molar-refractivity contribution in [2.45, 2.75) is 37.8 Å². The smallest absolute Gasteiger partial charge is 0.224 e. The molecule has 1 aliphatic heterocycles. The molecule has 6 heteroatoms. The van der Waals surface area contributed by atoms with Crippen LogP contribution in [0, 0.1) is 17.6 Å². The number of hydrogen-bond donors (Lipinski definition) is 2. The van der Waals surface area contributed by atoms with E-state index in [4.69, 9.17) is 5.73 Å². The molecule has 3 rings (SSSR count). The van der Waals surface area contributed by atoms with Crippen molar-refractivity contribution in [2.24, 2.45) is 11.7 Å². The van der Waals surface area contributed by atoms with E-state index in [0.29, 0.717) is 19.5 Å². The molecule has 2 fully saturated rings. The highest BCUT2D eigenvalue weighted by Gasteiger charge is 2.33. The minimum Gasteiger partial charge on any atom is -0.365 e. The van der Waals surface area contributed by atoms with Gasteiger partial charge in [-0.15, -0.1) is 0 Å². The van der Waals surface area contributed by atoms with E-state index in [9.17, 15) is 13.6 Å². The molecule has 22 heavy (non-hydrogen) atoms. The van der Waals surface area contributed by atoms with Crippen molar-refractivity contribution in [2.75, 3.05) is 18.0 Å². The molecule has 0 unspecified atom stereocenters. The maximum Gasteiger partial charge on any atom is 0.224 e. The summed E-state index contributed by atoms with van der Waals surface area (Å²) in [6.45, 7) is 0.949. The van der Waals surface area contributed by atoms with Gasteiger partial charge in [0, 0.05) is 25.2 Å². The second-order valence-corrected chi connectivity index (χ2v) is 6.21. The first-order chi connectivity index (χ1) is 10.6. The van der Waals surface area contributed by atoms with Crippen LogP contribution in [0.5, 0.6) is 0 Å². The Labute approximate surface area is 128 Å². The fourth-order valence-corrected chi connectivity index (χ4v) is 3.49. The van der Waals surface area contributed by atoms with Gasteiger partial charge in [-0.3, -0.25) is 4.79 Å². The van der Waals surface area contributed by atoms with Gasteiger partial charge in [0.2, 0.25) is 5.91 Å². The molecule has 0 radical (unpaired) electrons. The standard InChI is InChI=1S/C16H21F2N3O/c17-12-4-2-5-13(18)15(12)21-8-7-10(9-21)20-16(22)11-3-1-6-14(11)19/h2,4-5,10-11,14H,1,3,6-9,19H2,(H,20,22)/t10-,11-,14-/m1/s1. The van der Waals surface area contributed by atoms with Crippen molar-refractivity contribution >= 4 is 11.6 Å². The third kappa shape index (κ3) is 2.92. The van der Waals surface area contributed by atoms with Gasteiger partial charge in [-0.25, -0.2) is 8.78 Å². The molecule has 0 spiro atoms. The lowest BCUT2D eigenvalue weighted by Gasteiger charge is -2.21. The summed E-state index contributed by atoms with van der Waals surface area (Å²) in [5.74, 6) is -1.28. The Morgan fingerprint density at radius 1 is 1.23 bits per heavy atom. The molecule has 1 amide bonds. The first kappa shape index (κ1) is 15.2. The summed E-state index contributed by atoms with van der Waals surface area (Å²) >= 11 is 0.